The minimum absolute atomic E-state index is 0.291. The molecule has 1 unspecified atom stereocenters. The number of nitrogen functional groups attached to an aromatic ring is 1. The van der Waals surface area contributed by atoms with Crippen molar-refractivity contribution in [3.05, 3.63) is 40.6 Å². The molecule has 0 bridgehead atoms. The van der Waals surface area contributed by atoms with Crippen molar-refractivity contribution in [2.45, 2.75) is 19.4 Å². The Hall–Kier alpha value is -1.68. The normalized spacial score (nSPS) is 12.1. The van der Waals surface area contributed by atoms with E-state index in [0.717, 1.165) is 12.1 Å². The fourth-order valence-corrected chi connectivity index (χ4v) is 2.76. The second-order valence-corrected chi connectivity index (χ2v) is 5.02. The van der Waals surface area contributed by atoms with Gasteiger partial charge in [-0.1, -0.05) is 19.1 Å². The van der Waals surface area contributed by atoms with Gasteiger partial charge in [-0.05, 0) is 30.0 Å². The molecule has 0 amide bonds. The van der Waals surface area contributed by atoms with E-state index in [9.17, 15) is 0 Å². The number of hydrogen-bond acceptors (Lipinski definition) is 4. The first kappa shape index (κ1) is 12.8. The lowest BCUT2D eigenvalue weighted by Gasteiger charge is -2.19. The summed E-state index contributed by atoms with van der Waals surface area (Å²) >= 11 is 1.76. The maximum absolute atomic E-state index is 6.07. The maximum atomic E-state index is 6.07. The second kappa shape index (κ2) is 5.78. The van der Waals surface area contributed by atoms with E-state index in [1.165, 1.54) is 4.88 Å². The topological polar surface area (TPSA) is 47.3 Å². The molecule has 0 aliphatic rings. The van der Waals surface area contributed by atoms with Gasteiger partial charge in [0.05, 0.1) is 24.5 Å². The van der Waals surface area contributed by atoms with Crippen LogP contribution in [0, 0.1) is 0 Å². The van der Waals surface area contributed by atoms with E-state index < -0.39 is 0 Å². The van der Waals surface area contributed by atoms with E-state index in [1.54, 1.807) is 18.4 Å². The molecular weight excluding hydrogens is 244 g/mol. The molecule has 96 valence electrons. The monoisotopic (exact) mass is 262 g/mol. The Morgan fingerprint density at radius 2 is 2.17 bits per heavy atom. The third-order valence-corrected chi connectivity index (χ3v) is 3.90. The summed E-state index contributed by atoms with van der Waals surface area (Å²) in [5.74, 6) is 0.709. The standard InChI is InChI=1S/C14H18N2OS/c1-3-10(13-8-5-9-18-13)16-11-6-4-7-12(17-2)14(11)15/h4-10,16H,3,15H2,1-2H3. The lowest BCUT2D eigenvalue weighted by molar-refractivity contribution is 0.417. The molecule has 1 heterocycles. The van der Waals surface area contributed by atoms with E-state index >= 15 is 0 Å². The number of rotatable bonds is 5. The Balaban J connectivity index is 2.22. The molecule has 0 spiro atoms. The summed E-state index contributed by atoms with van der Waals surface area (Å²) in [4.78, 5) is 1.32. The molecule has 4 heteroatoms. The van der Waals surface area contributed by atoms with Crippen LogP contribution in [0.25, 0.3) is 0 Å². The van der Waals surface area contributed by atoms with Crippen molar-refractivity contribution in [3.63, 3.8) is 0 Å². The van der Waals surface area contributed by atoms with Crippen molar-refractivity contribution in [1.29, 1.82) is 0 Å². The summed E-state index contributed by atoms with van der Waals surface area (Å²) in [5.41, 5.74) is 7.65. The highest BCUT2D eigenvalue weighted by Gasteiger charge is 2.12. The van der Waals surface area contributed by atoms with Gasteiger partial charge < -0.3 is 15.8 Å². The van der Waals surface area contributed by atoms with Crippen molar-refractivity contribution in [1.82, 2.24) is 0 Å². The van der Waals surface area contributed by atoms with Crippen molar-refractivity contribution in [2.24, 2.45) is 0 Å². The van der Waals surface area contributed by atoms with Crippen LogP contribution in [0.4, 0.5) is 11.4 Å². The van der Waals surface area contributed by atoms with Crippen molar-refractivity contribution in [3.8, 4) is 5.75 Å². The minimum atomic E-state index is 0.291. The number of methoxy groups -OCH3 is 1. The van der Waals surface area contributed by atoms with E-state index in [-0.39, 0.29) is 0 Å². The first-order chi connectivity index (χ1) is 8.76. The Kier molecular flexibility index (Phi) is 4.10. The van der Waals surface area contributed by atoms with E-state index in [0.29, 0.717) is 17.5 Å². The largest absolute Gasteiger partial charge is 0.495 e. The molecule has 1 aromatic heterocycles. The number of ether oxygens (including phenoxy) is 1. The molecule has 3 nitrogen and oxygen atoms in total. The molecule has 0 aliphatic carbocycles. The van der Waals surface area contributed by atoms with Gasteiger partial charge in [-0.2, -0.15) is 0 Å². The van der Waals surface area contributed by atoms with Crippen LogP contribution in [0.5, 0.6) is 5.75 Å². The molecule has 2 rings (SSSR count). The van der Waals surface area contributed by atoms with Crippen LogP contribution in [-0.2, 0) is 0 Å². The highest BCUT2D eigenvalue weighted by molar-refractivity contribution is 7.10. The highest BCUT2D eigenvalue weighted by atomic mass is 32.1. The van der Waals surface area contributed by atoms with Crippen LogP contribution in [0.2, 0.25) is 0 Å². The molecule has 0 aliphatic heterocycles. The third-order valence-electron chi connectivity index (χ3n) is 2.91. The van der Waals surface area contributed by atoms with E-state index in [4.69, 9.17) is 10.5 Å². The molecule has 2 aromatic rings. The zero-order chi connectivity index (χ0) is 13.0. The van der Waals surface area contributed by atoms with Gasteiger partial charge in [0.15, 0.2) is 0 Å². The number of thiophene rings is 1. The molecule has 0 fully saturated rings. The summed E-state index contributed by atoms with van der Waals surface area (Å²) in [6.07, 6.45) is 1.01. The fraction of sp³-hybridized carbons (Fsp3) is 0.286. The van der Waals surface area contributed by atoms with Crippen LogP contribution < -0.4 is 15.8 Å². The smallest absolute Gasteiger partial charge is 0.143 e. The van der Waals surface area contributed by atoms with Gasteiger partial charge in [-0.3, -0.25) is 0 Å². The molecule has 1 atom stereocenters. The van der Waals surface area contributed by atoms with Crippen LogP contribution in [-0.4, -0.2) is 7.11 Å². The molecule has 0 radical (unpaired) electrons. The summed E-state index contributed by atoms with van der Waals surface area (Å²) in [5, 5.41) is 5.57. The predicted octanol–water partition coefficient (Wildman–Crippen LogP) is 3.90. The number of nitrogens with one attached hydrogen (secondary N) is 1. The SMILES string of the molecule is CCC(Nc1cccc(OC)c1N)c1cccs1. The minimum Gasteiger partial charge on any atom is -0.495 e. The first-order valence-corrected chi connectivity index (χ1v) is 6.86. The van der Waals surface area contributed by atoms with Crippen LogP contribution in [0.1, 0.15) is 24.3 Å². The summed E-state index contributed by atoms with van der Waals surface area (Å²) < 4.78 is 5.23. The van der Waals surface area contributed by atoms with Gasteiger partial charge >= 0.3 is 0 Å². The Bertz CT molecular complexity index is 497. The molecule has 0 saturated carbocycles. The predicted molar refractivity (Wildman–Crippen MR) is 78.4 cm³/mol. The number of hydrogen-bond donors (Lipinski definition) is 2. The van der Waals surface area contributed by atoms with Crippen LogP contribution >= 0.6 is 11.3 Å². The third kappa shape index (κ3) is 2.59. The van der Waals surface area contributed by atoms with E-state index in [1.807, 2.05) is 18.2 Å². The van der Waals surface area contributed by atoms with E-state index in [2.05, 4.69) is 29.8 Å². The average molecular weight is 262 g/mol. The number of benzene rings is 1. The maximum Gasteiger partial charge on any atom is 0.143 e. The van der Waals surface area contributed by atoms with Crippen molar-refractivity contribution in [2.75, 3.05) is 18.2 Å². The fourth-order valence-electron chi connectivity index (χ4n) is 1.90. The first-order valence-electron chi connectivity index (χ1n) is 5.98. The van der Waals surface area contributed by atoms with Gasteiger partial charge in [0, 0.05) is 4.88 Å². The molecule has 18 heavy (non-hydrogen) atoms. The van der Waals surface area contributed by atoms with Crippen LogP contribution in [0.3, 0.4) is 0 Å². The Labute approximate surface area is 112 Å². The summed E-state index contributed by atoms with van der Waals surface area (Å²) in [6, 6.07) is 10.3. The van der Waals surface area contributed by atoms with Crippen molar-refractivity contribution < 1.29 is 4.74 Å². The summed E-state index contributed by atoms with van der Waals surface area (Å²) in [6.45, 7) is 2.16. The Morgan fingerprint density at radius 1 is 1.33 bits per heavy atom. The second-order valence-electron chi connectivity index (χ2n) is 4.04. The number of para-hydroxylation sites is 1. The van der Waals surface area contributed by atoms with Crippen LogP contribution in [0.15, 0.2) is 35.7 Å². The van der Waals surface area contributed by atoms with Gasteiger partial charge in [0.2, 0.25) is 0 Å². The van der Waals surface area contributed by atoms with Gasteiger partial charge in [0.25, 0.3) is 0 Å². The average Bonchev–Trinajstić information content (AvgIpc) is 2.91. The molecule has 1 aromatic carbocycles. The van der Waals surface area contributed by atoms with Crippen molar-refractivity contribution >= 4 is 22.7 Å². The lowest BCUT2D eigenvalue weighted by atomic mass is 10.1. The van der Waals surface area contributed by atoms with Gasteiger partial charge in [-0.15, -0.1) is 11.3 Å². The number of anilines is 2. The molecule has 0 saturated heterocycles. The zero-order valence-electron chi connectivity index (χ0n) is 10.6. The highest BCUT2D eigenvalue weighted by Crippen LogP contribution is 2.33. The lowest BCUT2D eigenvalue weighted by Crippen LogP contribution is -2.10. The Morgan fingerprint density at radius 3 is 2.78 bits per heavy atom. The molecule has 3 N–H and O–H groups in total. The van der Waals surface area contributed by atoms with Gasteiger partial charge in [-0.25, -0.2) is 0 Å². The molecular formula is C14H18N2OS. The zero-order valence-corrected chi connectivity index (χ0v) is 11.5. The van der Waals surface area contributed by atoms with Gasteiger partial charge in [0.1, 0.15) is 5.75 Å². The quantitative estimate of drug-likeness (QED) is 0.803. The summed E-state index contributed by atoms with van der Waals surface area (Å²) in [7, 11) is 1.63. The number of nitrogens with two attached hydrogens (primary N) is 1.